The summed E-state index contributed by atoms with van der Waals surface area (Å²) in [6, 6.07) is 5.07. The van der Waals surface area contributed by atoms with Gasteiger partial charge < -0.3 is 9.72 Å². The third kappa shape index (κ3) is 3.80. The number of aromatic amines is 1. The summed E-state index contributed by atoms with van der Waals surface area (Å²) in [5.74, 6) is -1.08. The van der Waals surface area contributed by atoms with Crippen LogP contribution in [-0.4, -0.2) is 40.3 Å². The summed E-state index contributed by atoms with van der Waals surface area (Å²) in [7, 11) is 1.22. The topological polar surface area (TPSA) is 126 Å². The number of nitrogens with zero attached hydrogens (tertiary/aromatic N) is 3. The zero-order valence-corrected chi connectivity index (χ0v) is 13.7. The van der Waals surface area contributed by atoms with E-state index < -0.39 is 11.9 Å². The van der Waals surface area contributed by atoms with Gasteiger partial charge >= 0.3 is 5.97 Å². The van der Waals surface area contributed by atoms with E-state index in [9.17, 15) is 14.4 Å². The molecule has 1 aliphatic rings. The van der Waals surface area contributed by atoms with Crippen LogP contribution in [0.2, 0.25) is 0 Å². The first-order chi connectivity index (χ1) is 12.1. The molecule has 0 aliphatic carbocycles. The molecular weight excluding hydrogens is 346 g/mol. The predicted molar refractivity (Wildman–Crippen MR) is 93.2 cm³/mol. The van der Waals surface area contributed by atoms with Crippen LogP contribution in [0.15, 0.2) is 50.5 Å². The van der Waals surface area contributed by atoms with E-state index in [-0.39, 0.29) is 15.6 Å². The van der Waals surface area contributed by atoms with Crippen molar-refractivity contribution < 1.29 is 14.3 Å². The molecule has 2 N–H and O–H groups in total. The summed E-state index contributed by atoms with van der Waals surface area (Å²) in [6.45, 7) is 0. The summed E-state index contributed by atoms with van der Waals surface area (Å²) in [6.07, 6.45) is 3.85. The van der Waals surface area contributed by atoms with Gasteiger partial charge in [0.2, 0.25) is 0 Å². The van der Waals surface area contributed by atoms with Crippen LogP contribution in [0.1, 0.15) is 5.56 Å². The van der Waals surface area contributed by atoms with E-state index in [1.807, 2.05) is 0 Å². The number of rotatable bonds is 3. The Bertz CT molecular complexity index is 1010. The second kappa shape index (κ2) is 7.09. The first-order valence-electron chi connectivity index (χ1n) is 6.94. The van der Waals surface area contributed by atoms with Gasteiger partial charge in [0.25, 0.3) is 11.5 Å². The number of carbonyl (C=O) groups excluding carboxylic acids is 2. The average Bonchev–Trinajstić information content (AvgIpc) is 2.95. The van der Waals surface area contributed by atoms with Crippen molar-refractivity contribution in [1.82, 2.24) is 15.3 Å². The van der Waals surface area contributed by atoms with Gasteiger partial charge in [-0.05, 0) is 29.5 Å². The quantitative estimate of drug-likeness (QED) is 0.357. The van der Waals surface area contributed by atoms with Crippen LogP contribution in [0.5, 0.6) is 0 Å². The third-order valence-corrected chi connectivity index (χ3v) is 4.02. The fourth-order valence-electron chi connectivity index (χ4n) is 1.96. The second-order valence-electron chi connectivity index (χ2n) is 4.75. The minimum absolute atomic E-state index is 0.170. The summed E-state index contributed by atoms with van der Waals surface area (Å²) in [5, 5.41) is 10.9. The number of amides is 1. The molecule has 2 heterocycles. The fraction of sp³-hybridized carbons (Fsp3) is 0.0667. The first-order valence-corrected chi connectivity index (χ1v) is 7.76. The molecule has 1 saturated heterocycles. The van der Waals surface area contributed by atoms with Crippen LogP contribution in [0.4, 0.5) is 0 Å². The van der Waals surface area contributed by atoms with Gasteiger partial charge in [0.15, 0.2) is 5.17 Å². The minimum atomic E-state index is -0.627. The lowest BCUT2D eigenvalue weighted by Crippen LogP contribution is -2.19. The monoisotopic (exact) mass is 357 g/mol. The number of hydrogen-bond donors (Lipinski definition) is 2. The Hall–Kier alpha value is -3.27. The summed E-state index contributed by atoms with van der Waals surface area (Å²) >= 11 is 0.973. The Morgan fingerprint density at radius 2 is 2.20 bits per heavy atom. The maximum Gasteiger partial charge on any atom is 0.331 e. The van der Waals surface area contributed by atoms with Crippen molar-refractivity contribution in [2.75, 3.05) is 7.11 Å². The zero-order valence-electron chi connectivity index (χ0n) is 12.8. The van der Waals surface area contributed by atoms with Crippen molar-refractivity contribution >= 4 is 45.9 Å². The molecule has 0 bridgehead atoms. The number of nitrogens with one attached hydrogen (secondary N) is 2. The predicted octanol–water partition coefficient (Wildman–Crippen LogP) is 0.533. The number of aromatic nitrogens is 2. The number of carbonyl (C=O) groups is 2. The van der Waals surface area contributed by atoms with Gasteiger partial charge in [0, 0.05) is 6.08 Å². The number of hydrogen-bond acceptors (Lipinski definition) is 8. The molecule has 1 aromatic heterocycles. The minimum Gasteiger partial charge on any atom is -0.466 e. The van der Waals surface area contributed by atoms with E-state index in [2.05, 4.69) is 30.2 Å². The number of amidine groups is 1. The Labute approximate surface area is 144 Å². The Morgan fingerprint density at radius 3 is 3.00 bits per heavy atom. The SMILES string of the molecule is COC(=O)/C=C1/S/C(=N\N=Cc2ccc3nc[nH]c(=O)c3c2)NC1=O. The maximum absolute atomic E-state index is 11.7. The lowest BCUT2D eigenvalue weighted by Gasteiger charge is -1.96. The van der Waals surface area contributed by atoms with Crippen LogP contribution in [0.25, 0.3) is 10.9 Å². The van der Waals surface area contributed by atoms with Gasteiger partial charge in [-0.2, -0.15) is 5.10 Å². The lowest BCUT2D eigenvalue weighted by molar-refractivity contribution is -0.135. The van der Waals surface area contributed by atoms with Gasteiger partial charge in [0.1, 0.15) is 0 Å². The van der Waals surface area contributed by atoms with Crippen molar-refractivity contribution in [1.29, 1.82) is 0 Å². The van der Waals surface area contributed by atoms with Crippen molar-refractivity contribution in [3.63, 3.8) is 0 Å². The molecule has 1 fully saturated rings. The number of thioether (sulfide) groups is 1. The van der Waals surface area contributed by atoms with E-state index in [4.69, 9.17) is 0 Å². The van der Waals surface area contributed by atoms with Crippen LogP contribution in [-0.2, 0) is 14.3 Å². The van der Waals surface area contributed by atoms with Crippen molar-refractivity contribution in [3.05, 3.63) is 51.4 Å². The van der Waals surface area contributed by atoms with Crippen molar-refractivity contribution in [3.8, 4) is 0 Å². The number of esters is 1. The normalized spacial score (nSPS) is 17.6. The summed E-state index contributed by atoms with van der Waals surface area (Å²) in [5.41, 5.74) is 0.973. The maximum atomic E-state index is 11.7. The van der Waals surface area contributed by atoms with Gasteiger partial charge in [-0.1, -0.05) is 6.07 Å². The van der Waals surface area contributed by atoms with Crippen LogP contribution < -0.4 is 10.9 Å². The molecular formula is C15H11N5O4S. The fourth-order valence-corrected chi connectivity index (χ4v) is 2.69. The van der Waals surface area contributed by atoms with Crippen LogP contribution in [0, 0.1) is 0 Å². The Kier molecular flexibility index (Phi) is 4.70. The van der Waals surface area contributed by atoms with Crippen LogP contribution in [0.3, 0.4) is 0 Å². The highest BCUT2D eigenvalue weighted by Gasteiger charge is 2.24. The molecule has 1 amide bonds. The van der Waals surface area contributed by atoms with Crippen molar-refractivity contribution in [2.24, 2.45) is 10.2 Å². The molecule has 126 valence electrons. The first kappa shape index (κ1) is 16.6. The number of H-pyrrole nitrogens is 1. The van der Waals surface area contributed by atoms with E-state index in [0.29, 0.717) is 16.5 Å². The molecule has 0 unspecified atom stereocenters. The molecule has 0 radical (unpaired) electrons. The van der Waals surface area contributed by atoms with Crippen LogP contribution >= 0.6 is 11.8 Å². The highest BCUT2D eigenvalue weighted by atomic mass is 32.2. The molecule has 0 spiro atoms. The molecule has 25 heavy (non-hydrogen) atoms. The smallest absolute Gasteiger partial charge is 0.331 e. The van der Waals surface area contributed by atoms with E-state index in [1.165, 1.54) is 19.7 Å². The van der Waals surface area contributed by atoms with Gasteiger partial charge in [0.05, 0.1) is 35.5 Å². The Morgan fingerprint density at radius 1 is 1.36 bits per heavy atom. The van der Waals surface area contributed by atoms with Gasteiger partial charge in [-0.25, -0.2) is 9.78 Å². The van der Waals surface area contributed by atoms with E-state index in [0.717, 1.165) is 17.8 Å². The molecule has 1 aromatic carbocycles. The van der Waals surface area contributed by atoms with Gasteiger partial charge in [-0.3, -0.25) is 14.9 Å². The van der Waals surface area contributed by atoms with Crippen molar-refractivity contribution in [2.45, 2.75) is 0 Å². The molecule has 9 nitrogen and oxygen atoms in total. The van der Waals surface area contributed by atoms with Gasteiger partial charge in [-0.15, -0.1) is 5.10 Å². The number of benzene rings is 1. The number of ether oxygens (including phenoxy) is 1. The molecule has 2 aromatic rings. The summed E-state index contributed by atoms with van der Waals surface area (Å²) in [4.78, 5) is 41.3. The largest absolute Gasteiger partial charge is 0.466 e. The number of fused-ring (bicyclic) bond motifs is 1. The highest BCUT2D eigenvalue weighted by Crippen LogP contribution is 2.23. The molecule has 3 rings (SSSR count). The Balaban J connectivity index is 1.77. The second-order valence-corrected chi connectivity index (χ2v) is 5.78. The molecule has 0 saturated carbocycles. The summed E-state index contributed by atoms with van der Waals surface area (Å²) < 4.78 is 4.47. The van der Waals surface area contributed by atoms with E-state index >= 15 is 0 Å². The lowest BCUT2D eigenvalue weighted by atomic mass is 10.1. The highest BCUT2D eigenvalue weighted by molar-refractivity contribution is 8.18. The average molecular weight is 357 g/mol. The molecule has 10 heteroatoms. The molecule has 0 atom stereocenters. The standard InChI is InChI=1S/C15H11N5O4S/c1-24-12(21)5-11-14(23)19-15(25-11)20-18-6-8-2-3-10-9(4-8)13(22)17-7-16-10/h2-7H,1H3,(H,16,17,22)(H,19,20,23)/b11-5+,18-6?. The molecule has 1 aliphatic heterocycles. The van der Waals surface area contributed by atoms with E-state index in [1.54, 1.807) is 18.2 Å². The number of methoxy groups -OCH3 is 1. The zero-order chi connectivity index (χ0) is 17.8. The third-order valence-electron chi connectivity index (χ3n) is 3.12.